The molecule has 0 amide bonds. The van der Waals surface area contributed by atoms with E-state index < -0.39 is 52.4 Å². The van der Waals surface area contributed by atoms with Gasteiger partial charge in [-0.25, -0.2) is 8.78 Å². The van der Waals surface area contributed by atoms with Gasteiger partial charge in [-0.05, 0) is 35.4 Å². The molecule has 4 aromatic rings. The van der Waals surface area contributed by atoms with Crippen molar-refractivity contribution in [3.05, 3.63) is 143 Å². The predicted molar refractivity (Wildman–Crippen MR) is 143 cm³/mol. The van der Waals surface area contributed by atoms with Gasteiger partial charge in [0, 0.05) is 22.7 Å². The number of anilines is 1. The Morgan fingerprint density at radius 2 is 1.31 bits per heavy atom. The number of halogens is 2. The number of rotatable bonds is 3. The predicted octanol–water partition coefficient (Wildman–Crippen LogP) is 6.28. The van der Waals surface area contributed by atoms with Gasteiger partial charge in [0.2, 0.25) is 0 Å². The number of carbonyl (C=O) groups excluding carboxylic acids is 3. The molecule has 0 radical (unpaired) electrons. The van der Waals surface area contributed by atoms with E-state index in [2.05, 4.69) is 0 Å². The van der Waals surface area contributed by atoms with Crippen molar-refractivity contribution in [2.75, 3.05) is 4.90 Å². The first-order chi connectivity index (χ1) is 19.0. The van der Waals surface area contributed by atoms with Crippen LogP contribution in [0.15, 0.2) is 103 Å². The Kier molecular flexibility index (Phi) is 5.04. The van der Waals surface area contributed by atoms with Crippen LogP contribution in [0.25, 0.3) is 6.08 Å². The molecule has 0 aromatic heterocycles. The summed E-state index contributed by atoms with van der Waals surface area (Å²) in [5.41, 5.74) is -0.0509. The van der Waals surface area contributed by atoms with E-state index in [9.17, 15) is 14.4 Å². The summed E-state index contributed by atoms with van der Waals surface area (Å²) < 4.78 is 30.8. The molecule has 3 atom stereocenters. The average molecular weight is 518 g/mol. The van der Waals surface area contributed by atoms with Gasteiger partial charge in [0.15, 0.2) is 17.3 Å². The summed E-state index contributed by atoms with van der Waals surface area (Å²) in [5.74, 6) is -4.12. The van der Waals surface area contributed by atoms with Crippen molar-refractivity contribution < 1.29 is 23.2 Å². The Balaban J connectivity index is 1.58. The third-order valence-electron chi connectivity index (χ3n) is 8.36. The minimum atomic E-state index is -1.83. The van der Waals surface area contributed by atoms with Crippen LogP contribution >= 0.6 is 0 Å². The number of benzene rings is 4. The van der Waals surface area contributed by atoms with Gasteiger partial charge >= 0.3 is 0 Å². The van der Waals surface area contributed by atoms with Crippen LogP contribution in [0.2, 0.25) is 0 Å². The zero-order valence-corrected chi connectivity index (χ0v) is 20.6. The van der Waals surface area contributed by atoms with Crippen LogP contribution in [-0.2, 0) is 0 Å². The number of ketones is 3. The zero-order valence-electron chi connectivity index (χ0n) is 20.6. The SMILES string of the molecule is O=C(c1ccccc1F)[C@H]1[C@H](c2ccccc2F)C2(C(=O)c3ccccc3C2=O)[C@H]2C=Cc3ccccc3N12. The smallest absolute Gasteiger partial charge is 0.188 e. The number of Topliss-reactive ketones (excluding diaryl/α,β-unsaturated/α-hetero) is 3. The summed E-state index contributed by atoms with van der Waals surface area (Å²) in [4.78, 5) is 45.1. The number of para-hydroxylation sites is 1. The van der Waals surface area contributed by atoms with E-state index in [1.54, 1.807) is 53.4 Å². The molecule has 39 heavy (non-hydrogen) atoms. The molecule has 1 saturated heterocycles. The molecule has 190 valence electrons. The van der Waals surface area contributed by atoms with E-state index in [4.69, 9.17) is 0 Å². The molecule has 2 aliphatic heterocycles. The van der Waals surface area contributed by atoms with Crippen LogP contribution in [0.1, 0.15) is 48.1 Å². The second-order valence-corrected chi connectivity index (χ2v) is 10.1. The Bertz CT molecular complexity index is 1710. The lowest BCUT2D eigenvalue weighted by molar-refractivity contribution is 0.0664. The number of carbonyl (C=O) groups is 3. The van der Waals surface area contributed by atoms with Gasteiger partial charge in [-0.15, -0.1) is 0 Å². The highest BCUT2D eigenvalue weighted by Gasteiger charge is 2.72. The summed E-state index contributed by atoms with van der Waals surface area (Å²) in [7, 11) is 0. The summed E-state index contributed by atoms with van der Waals surface area (Å²) >= 11 is 0. The van der Waals surface area contributed by atoms with Crippen LogP contribution in [0.4, 0.5) is 14.5 Å². The van der Waals surface area contributed by atoms with E-state index in [1.165, 1.54) is 36.4 Å². The van der Waals surface area contributed by atoms with Gasteiger partial charge in [0.05, 0.1) is 11.6 Å². The molecule has 0 N–H and O–H groups in total. The van der Waals surface area contributed by atoms with Crippen LogP contribution in [-0.4, -0.2) is 29.4 Å². The van der Waals surface area contributed by atoms with E-state index in [0.717, 1.165) is 5.56 Å². The van der Waals surface area contributed by atoms with E-state index >= 15 is 8.78 Å². The lowest BCUT2D eigenvalue weighted by Gasteiger charge is -2.37. The van der Waals surface area contributed by atoms with Gasteiger partial charge < -0.3 is 4.90 Å². The van der Waals surface area contributed by atoms with Gasteiger partial charge in [-0.1, -0.05) is 84.9 Å². The molecule has 7 rings (SSSR count). The second kappa shape index (κ2) is 8.40. The Morgan fingerprint density at radius 1 is 0.718 bits per heavy atom. The fraction of sp³-hybridized carbons (Fsp3) is 0.121. The maximum Gasteiger partial charge on any atom is 0.188 e. The van der Waals surface area contributed by atoms with Crippen LogP contribution in [0, 0.1) is 17.0 Å². The quantitative estimate of drug-likeness (QED) is 0.237. The number of hydrogen-bond acceptors (Lipinski definition) is 4. The maximum absolute atomic E-state index is 15.7. The van der Waals surface area contributed by atoms with Crippen molar-refractivity contribution in [3.8, 4) is 0 Å². The molecule has 0 saturated carbocycles. The lowest BCUT2D eigenvalue weighted by atomic mass is 9.64. The molecule has 0 bridgehead atoms. The molecule has 1 aliphatic carbocycles. The standard InChI is InChI=1S/C33H21F2NO3/c34-24-14-6-4-12-22(24)28-29(30(37)23-13-5-7-15-25(23)35)36-26-16-8-1-9-19(26)17-18-27(36)33(28)31(38)20-10-2-3-11-21(20)32(33)39/h1-18,27-29H/t27-,28+,29-/m1/s1. The third-order valence-corrected chi connectivity index (χ3v) is 8.36. The van der Waals surface area contributed by atoms with Gasteiger partial charge in [0.1, 0.15) is 23.1 Å². The van der Waals surface area contributed by atoms with Crippen molar-refractivity contribution in [3.63, 3.8) is 0 Å². The van der Waals surface area contributed by atoms with Crippen molar-refractivity contribution >= 4 is 29.1 Å². The fourth-order valence-electron chi connectivity index (χ4n) is 6.81. The van der Waals surface area contributed by atoms with Crippen LogP contribution in [0.3, 0.4) is 0 Å². The minimum Gasteiger partial charge on any atom is -0.352 e. The molecular formula is C33H21F2NO3. The van der Waals surface area contributed by atoms with E-state index in [-0.39, 0.29) is 22.3 Å². The summed E-state index contributed by atoms with van der Waals surface area (Å²) in [6.07, 6.45) is 3.59. The fourth-order valence-corrected chi connectivity index (χ4v) is 6.81. The molecular weight excluding hydrogens is 496 g/mol. The highest BCUT2D eigenvalue weighted by Crippen LogP contribution is 2.61. The van der Waals surface area contributed by atoms with Crippen molar-refractivity contribution in [2.45, 2.75) is 18.0 Å². The summed E-state index contributed by atoms with van der Waals surface area (Å²) in [6, 6.07) is 23.3. The molecule has 4 nitrogen and oxygen atoms in total. The molecule has 2 heterocycles. The van der Waals surface area contributed by atoms with Crippen LogP contribution < -0.4 is 4.90 Å². The van der Waals surface area contributed by atoms with Crippen molar-refractivity contribution in [1.29, 1.82) is 0 Å². The van der Waals surface area contributed by atoms with Gasteiger partial charge in [0.25, 0.3) is 0 Å². The maximum atomic E-state index is 15.7. The molecule has 1 fully saturated rings. The molecule has 4 aromatic carbocycles. The first-order valence-electron chi connectivity index (χ1n) is 12.7. The normalized spacial score (nSPS) is 22.1. The second-order valence-electron chi connectivity index (χ2n) is 10.1. The van der Waals surface area contributed by atoms with E-state index in [0.29, 0.717) is 5.69 Å². The van der Waals surface area contributed by atoms with E-state index in [1.807, 2.05) is 24.3 Å². The summed E-state index contributed by atoms with van der Waals surface area (Å²) in [6.45, 7) is 0. The minimum absolute atomic E-state index is 0.0713. The Hall–Kier alpha value is -4.71. The third kappa shape index (κ3) is 3.00. The zero-order chi connectivity index (χ0) is 26.9. The highest BCUT2D eigenvalue weighted by atomic mass is 19.1. The summed E-state index contributed by atoms with van der Waals surface area (Å²) in [5, 5.41) is 0. The van der Waals surface area contributed by atoms with Gasteiger partial charge in [-0.3, -0.25) is 14.4 Å². The Labute approximate surface area is 223 Å². The first-order valence-corrected chi connectivity index (χ1v) is 12.7. The van der Waals surface area contributed by atoms with Crippen LogP contribution in [0.5, 0.6) is 0 Å². The highest BCUT2D eigenvalue weighted by molar-refractivity contribution is 6.32. The van der Waals surface area contributed by atoms with Crippen molar-refractivity contribution in [2.24, 2.45) is 5.41 Å². The monoisotopic (exact) mass is 517 g/mol. The molecule has 3 aliphatic rings. The number of fused-ring (bicyclic) bond motifs is 5. The molecule has 6 heteroatoms. The first kappa shape index (κ1) is 23.4. The lowest BCUT2D eigenvalue weighted by Crippen LogP contribution is -2.48. The average Bonchev–Trinajstić information content (AvgIpc) is 3.39. The molecule has 0 unspecified atom stereocenters. The van der Waals surface area contributed by atoms with Gasteiger partial charge in [-0.2, -0.15) is 0 Å². The molecule has 1 spiro atoms. The Morgan fingerprint density at radius 3 is 2.00 bits per heavy atom. The largest absolute Gasteiger partial charge is 0.352 e. The topological polar surface area (TPSA) is 54.5 Å². The van der Waals surface area contributed by atoms with Crippen molar-refractivity contribution in [1.82, 2.24) is 0 Å². The number of nitrogens with zero attached hydrogens (tertiary/aromatic N) is 1. The number of hydrogen-bond donors (Lipinski definition) is 0.